The Morgan fingerprint density at radius 1 is 1.30 bits per heavy atom. The highest BCUT2D eigenvalue weighted by Crippen LogP contribution is 2.51. The number of nitrogens with two attached hydrogens (primary N) is 1. The second-order valence-electron chi connectivity index (χ2n) is 6.96. The van der Waals surface area contributed by atoms with Crippen molar-refractivity contribution in [3.05, 3.63) is 41.0 Å². The van der Waals surface area contributed by atoms with Gasteiger partial charge in [0.2, 0.25) is 5.82 Å². The molecule has 8 heteroatoms. The summed E-state index contributed by atoms with van der Waals surface area (Å²) in [5.41, 5.74) is 10.7. The topological polar surface area (TPSA) is 99.3 Å². The van der Waals surface area contributed by atoms with Gasteiger partial charge in [-0.05, 0) is 57.0 Å². The van der Waals surface area contributed by atoms with E-state index in [2.05, 4.69) is 33.0 Å². The summed E-state index contributed by atoms with van der Waals surface area (Å²) < 4.78 is 3.74. The van der Waals surface area contributed by atoms with Gasteiger partial charge in [0.1, 0.15) is 5.69 Å². The van der Waals surface area contributed by atoms with Crippen LogP contribution in [0.25, 0.3) is 17.3 Å². The largest absolute Gasteiger partial charge is 0.404 e. The van der Waals surface area contributed by atoms with E-state index >= 15 is 0 Å². The van der Waals surface area contributed by atoms with Gasteiger partial charge in [0.05, 0.1) is 5.69 Å². The molecule has 2 N–H and O–H groups in total. The smallest absolute Gasteiger partial charge is 0.253 e. The molecule has 1 aliphatic rings. The van der Waals surface area contributed by atoms with Gasteiger partial charge in [-0.2, -0.15) is 10.1 Å². The monoisotopic (exact) mass is 364 g/mol. The van der Waals surface area contributed by atoms with Gasteiger partial charge in [0.25, 0.3) is 5.78 Å². The van der Waals surface area contributed by atoms with Crippen molar-refractivity contribution in [1.82, 2.24) is 29.4 Å². The molecule has 3 aromatic rings. The number of nitrogens with zero attached hydrogens (tertiary/aromatic N) is 7. The van der Waals surface area contributed by atoms with Crippen LogP contribution < -0.4 is 5.73 Å². The van der Waals surface area contributed by atoms with E-state index in [1.807, 2.05) is 30.8 Å². The van der Waals surface area contributed by atoms with Crippen LogP contribution in [0.5, 0.6) is 0 Å². The van der Waals surface area contributed by atoms with E-state index in [0.717, 1.165) is 41.3 Å². The summed E-state index contributed by atoms with van der Waals surface area (Å²) in [6, 6.07) is 4.10. The van der Waals surface area contributed by atoms with Crippen molar-refractivity contribution in [3.63, 3.8) is 0 Å². The number of hydrogen-bond donors (Lipinski definition) is 1. The van der Waals surface area contributed by atoms with Gasteiger partial charge in [0.15, 0.2) is 0 Å². The average Bonchev–Trinajstić information content (AvgIpc) is 3.12. The molecule has 27 heavy (non-hydrogen) atoms. The Morgan fingerprint density at radius 2 is 2.11 bits per heavy atom. The summed E-state index contributed by atoms with van der Waals surface area (Å²) in [6.45, 7) is 6.80. The predicted molar refractivity (Wildman–Crippen MR) is 105 cm³/mol. The maximum atomic E-state index is 5.75. The zero-order chi connectivity index (χ0) is 19.1. The Balaban J connectivity index is 1.70. The first kappa shape index (κ1) is 17.4. The number of allylic oxidation sites excluding steroid dienone is 1. The number of rotatable bonds is 5. The fourth-order valence-electron chi connectivity index (χ4n) is 3.62. The Bertz CT molecular complexity index is 1060. The van der Waals surface area contributed by atoms with Crippen LogP contribution in [-0.4, -0.2) is 42.6 Å². The molecule has 0 bridgehead atoms. The molecule has 0 amide bonds. The fraction of sp³-hybridized carbons (Fsp3) is 0.421. The van der Waals surface area contributed by atoms with Crippen molar-refractivity contribution in [3.8, 4) is 11.5 Å². The minimum absolute atomic E-state index is 0.364. The SMILES string of the molecule is CCn1nc(C2CC2/C(C=NC)=C/N)cc1-c1nc2nc(C)cc(C)n2n1. The van der Waals surface area contributed by atoms with Gasteiger partial charge >= 0.3 is 0 Å². The quantitative estimate of drug-likeness (QED) is 0.700. The number of aliphatic imine (C=N–C) groups is 1. The van der Waals surface area contributed by atoms with Crippen LogP contribution in [0.3, 0.4) is 0 Å². The summed E-state index contributed by atoms with van der Waals surface area (Å²) >= 11 is 0. The summed E-state index contributed by atoms with van der Waals surface area (Å²) in [5.74, 6) is 2.01. The second kappa shape index (κ2) is 6.61. The molecule has 0 spiro atoms. The Morgan fingerprint density at radius 3 is 2.81 bits per heavy atom. The van der Waals surface area contributed by atoms with Gasteiger partial charge < -0.3 is 5.73 Å². The molecule has 2 unspecified atom stereocenters. The second-order valence-corrected chi connectivity index (χ2v) is 6.96. The lowest BCUT2D eigenvalue weighted by molar-refractivity contribution is 0.649. The van der Waals surface area contributed by atoms with Crippen molar-refractivity contribution in [2.24, 2.45) is 16.6 Å². The van der Waals surface area contributed by atoms with Gasteiger partial charge in [-0.1, -0.05) is 0 Å². The minimum atomic E-state index is 0.364. The predicted octanol–water partition coefficient (Wildman–Crippen LogP) is 2.27. The highest BCUT2D eigenvalue weighted by molar-refractivity contribution is 5.80. The number of fused-ring (bicyclic) bond motifs is 1. The van der Waals surface area contributed by atoms with Crippen LogP contribution in [0.4, 0.5) is 0 Å². The van der Waals surface area contributed by atoms with E-state index in [0.29, 0.717) is 23.4 Å². The first-order valence-corrected chi connectivity index (χ1v) is 9.18. The van der Waals surface area contributed by atoms with Crippen molar-refractivity contribution in [2.45, 2.75) is 39.7 Å². The Hall–Kier alpha value is -3.03. The average molecular weight is 364 g/mol. The molecule has 140 valence electrons. The van der Waals surface area contributed by atoms with Crippen LogP contribution in [0.15, 0.2) is 28.9 Å². The molecular weight excluding hydrogens is 340 g/mol. The van der Waals surface area contributed by atoms with Crippen LogP contribution in [0.2, 0.25) is 0 Å². The normalized spacial score (nSPS) is 20.1. The molecule has 3 heterocycles. The first-order valence-electron chi connectivity index (χ1n) is 9.18. The molecule has 0 aromatic carbocycles. The van der Waals surface area contributed by atoms with Crippen LogP contribution >= 0.6 is 0 Å². The Kier molecular flexibility index (Phi) is 4.25. The highest BCUT2D eigenvalue weighted by Gasteiger charge is 2.42. The lowest BCUT2D eigenvalue weighted by atomic mass is 10.1. The third-order valence-corrected chi connectivity index (χ3v) is 5.01. The molecule has 8 nitrogen and oxygen atoms in total. The lowest BCUT2D eigenvalue weighted by Gasteiger charge is -1.99. The van der Waals surface area contributed by atoms with Crippen LogP contribution in [0.1, 0.15) is 36.3 Å². The summed E-state index contributed by atoms with van der Waals surface area (Å²) in [7, 11) is 1.76. The Labute approximate surface area is 157 Å². The number of aryl methyl sites for hydroxylation is 3. The van der Waals surface area contributed by atoms with E-state index in [9.17, 15) is 0 Å². The van der Waals surface area contributed by atoms with E-state index < -0.39 is 0 Å². The van der Waals surface area contributed by atoms with Gasteiger partial charge in [0, 0.05) is 37.1 Å². The summed E-state index contributed by atoms with van der Waals surface area (Å²) in [4.78, 5) is 13.2. The molecule has 4 rings (SSSR count). The van der Waals surface area contributed by atoms with Crippen molar-refractivity contribution >= 4 is 12.0 Å². The van der Waals surface area contributed by atoms with E-state index in [1.54, 1.807) is 17.8 Å². The molecule has 1 fully saturated rings. The number of aromatic nitrogens is 6. The van der Waals surface area contributed by atoms with Crippen molar-refractivity contribution < 1.29 is 0 Å². The highest BCUT2D eigenvalue weighted by atomic mass is 15.4. The standard InChI is InChI=1S/C19H24N8/c1-5-26-17(18-23-19-22-11(2)6-12(3)27(19)25-18)8-16(24-26)15-7-14(15)13(9-20)10-21-4/h6,8-10,14-15H,5,7,20H2,1-4H3/b13-9+,21-10?. The minimum Gasteiger partial charge on any atom is -0.404 e. The van der Waals surface area contributed by atoms with E-state index in [4.69, 9.17) is 10.8 Å². The van der Waals surface area contributed by atoms with Crippen molar-refractivity contribution in [1.29, 1.82) is 0 Å². The van der Waals surface area contributed by atoms with Crippen LogP contribution in [0, 0.1) is 19.8 Å². The molecule has 2 atom stereocenters. The zero-order valence-electron chi connectivity index (χ0n) is 16.1. The fourth-order valence-corrected chi connectivity index (χ4v) is 3.62. The number of hydrogen-bond acceptors (Lipinski definition) is 6. The first-order chi connectivity index (χ1) is 13.0. The van der Waals surface area contributed by atoms with Crippen molar-refractivity contribution in [2.75, 3.05) is 7.05 Å². The molecule has 0 saturated heterocycles. The molecule has 0 aliphatic heterocycles. The summed E-state index contributed by atoms with van der Waals surface area (Å²) in [6.07, 6.45) is 4.52. The molecular formula is C19H24N8. The molecule has 1 saturated carbocycles. The molecule has 3 aromatic heterocycles. The van der Waals surface area contributed by atoms with Crippen LogP contribution in [-0.2, 0) is 6.54 Å². The molecule has 0 radical (unpaired) electrons. The molecule has 1 aliphatic carbocycles. The maximum absolute atomic E-state index is 5.75. The zero-order valence-corrected chi connectivity index (χ0v) is 16.1. The maximum Gasteiger partial charge on any atom is 0.253 e. The lowest BCUT2D eigenvalue weighted by Crippen LogP contribution is -2.01. The third kappa shape index (κ3) is 3.01. The van der Waals surface area contributed by atoms with Gasteiger partial charge in [-0.25, -0.2) is 9.50 Å². The van der Waals surface area contributed by atoms with Gasteiger partial charge in [-0.3, -0.25) is 9.67 Å². The van der Waals surface area contributed by atoms with E-state index in [1.165, 1.54) is 0 Å². The summed E-state index contributed by atoms with van der Waals surface area (Å²) in [5, 5.41) is 9.45. The van der Waals surface area contributed by atoms with Gasteiger partial charge in [-0.15, -0.1) is 5.10 Å². The third-order valence-electron chi connectivity index (χ3n) is 5.01. The van der Waals surface area contributed by atoms with E-state index in [-0.39, 0.29) is 0 Å².